The summed E-state index contributed by atoms with van der Waals surface area (Å²) in [7, 11) is 0. The van der Waals surface area contributed by atoms with Crippen molar-refractivity contribution < 1.29 is 14.3 Å². The fourth-order valence-electron chi connectivity index (χ4n) is 2.24. The van der Waals surface area contributed by atoms with E-state index in [1.165, 1.54) is 0 Å². The van der Waals surface area contributed by atoms with E-state index in [9.17, 15) is 4.79 Å². The van der Waals surface area contributed by atoms with Crippen molar-refractivity contribution >= 4 is 5.91 Å². The highest BCUT2D eigenvalue weighted by Gasteiger charge is 2.25. The lowest BCUT2D eigenvalue weighted by atomic mass is 9.99. The van der Waals surface area contributed by atoms with Gasteiger partial charge in [-0.2, -0.15) is 0 Å². The van der Waals surface area contributed by atoms with Crippen molar-refractivity contribution in [1.29, 1.82) is 0 Å². The summed E-state index contributed by atoms with van der Waals surface area (Å²) in [6.07, 6.45) is 1.69. The van der Waals surface area contributed by atoms with E-state index >= 15 is 0 Å². The average Bonchev–Trinajstić information content (AvgIpc) is 2.44. The van der Waals surface area contributed by atoms with Gasteiger partial charge in [0.2, 0.25) is 0 Å². The summed E-state index contributed by atoms with van der Waals surface area (Å²) < 4.78 is 12.0. The van der Waals surface area contributed by atoms with E-state index in [2.05, 4.69) is 39.9 Å². The summed E-state index contributed by atoms with van der Waals surface area (Å²) in [5, 5.41) is 2.96. The average molecular weight is 350 g/mol. The number of carbonyl (C=O) groups excluding carboxylic acids is 1. The zero-order valence-electron chi connectivity index (χ0n) is 17.2. The third-order valence-corrected chi connectivity index (χ3v) is 3.88. The molecule has 0 aliphatic heterocycles. The van der Waals surface area contributed by atoms with Gasteiger partial charge in [-0.15, -0.1) is 0 Å². The molecule has 4 nitrogen and oxygen atoms in total. The van der Waals surface area contributed by atoms with Gasteiger partial charge < -0.3 is 14.8 Å². The highest BCUT2D eigenvalue weighted by Crippen LogP contribution is 2.25. The highest BCUT2D eigenvalue weighted by atomic mass is 16.5. The summed E-state index contributed by atoms with van der Waals surface area (Å²) in [6, 6.07) is 7.32. The summed E-state index contributed by atoms with van der Waals surface area (Å²) >= 11 is 0. The standard InChI is InChI=1S/C21H35NO3/c1-9-21(8,14-15-24-20(5,6)7)25-17-12-10-16(11-13-17)18(23)22-19(2,3)4/h10-13H,9,14-15H2,1-8H3,(H,22,23). The number of hydrogen-bond donors (Lipinski definition) is 1. The Hall–Kier alpha value is -1.55. The van der Waals surface area contributed by atoms with Crippen molar-refractivity contribution in [3.8, 4) is 5.75 Å². The number of amides is 1. The quantitative estimate of drug-likeness (QED) is 0.756. The first-order valence-corrected chi connectivity index (χ1v) is 9.09. The third kappa shape index (κ3) is 8.39. The molecule has 1 atom stereocenters. The van der Waals surface area contributed by atoms with Crippen molar-refractivity contribution in [1.82, 2.24) is 5.32 Å². The van der Waals surface area contributed by atoms with Gasteiger partial charge in [0.05, 0.1) is 12.2 Å². The SMILES string of the molecule is CCC(C)(CCOC(C)(C)C)Oc1ccc(C(=O)NC(C)(C)C)cc1. The zero-order valence-corrected chi connectivity index (χ0v) is 17.2. The van der Waals surface area contributed by atoms with Crippen molar-refractivity contribution in [2.75, 3.05) is 6.61 Å². The maximum atomic E-state index is 12.2. The number of hydrogen-bond acceptors (Lipinski definition) is 3. The molecule has 1 unspecified atom stereocenters. The number of benzene rings is 1. The summed E-state index contributed by atoms with van der Waals surface area (Å²) in [5.41, 5.74) is -0.0476. The molecule has 0 aromatic heterocycles. The van der Waals surface area contributed by atoms with Gasteiger partial charge >= 0.3 is 0 Å². The van der Waals surface area contributed by atoms with E-state index < -0.39 is 0 Å². The Morgan fingerprint density at radius 3 is 2.00 bits per heavy atom. The third-order valence-electron chi connectivity index (χ3n) is 3.88. The maximum Gasteiger partial charge on any atom is 0.251 e. The molecule has 0 fully saturated rings. The maximum absolute atomic E-state index is 12.2. The Bertz CT molecular complexity index is 552. The van der Waals surface area contributed by atoms with Crippen molar-refractivity contribution in [2.24, 2.45) is 0 Å². The predicted molar refractivity (Wildman–Crippen MR) is 103 cm³/mol. The van der Waals surface area contributed by atoms with Crippen LogP contribution < -0.4 is 10.1 Å². The lowest BCUT2D eigenvalue weighted by Gasteiger charge is -2.31. The molecule has 0 radical (unpaired) electrons. The van der Waals surface area contributed by atoms with Crippen LogP contribution in [0.3, 0.4) is 0 Å². The molecule has 0 aliphatic rings. The Morgan fingerprint density at radius 2 is 1.56 bits per heavy atom. The van der Waals surface area contributed by atoms with Crippen LogP contribution in [0.25, 0.3) is 0 Å². The molecule has 1 amide bonds. The second-order valence-electron chi connectivity index (χ2n) is 8.84. The smallest absolute Gasteiger partial charge is 0.251 e. The van der Waals surface area contributed by atoms with Crippen LogP contribution in [-0.4, -0.2) is 29.3 Å². The van der Waals surface area contributed by atoms with Crippen LogP contribution in [0.5, 0.6) is 5.75 Å². The van der Waals surface area contributed by atoms with Gasteiger partial charge in [0, 0.05) is 17.5 Å². The molecule has 0 bridgehead atoms. The highest BCUT2D eigenvalue weighted by molar-refractivity contribution is 5.94. The number of ether oxygens (including phenoxy) is 2. The molecule has 4 heteroatoms. The summed E-state index contributed by atoms with van der Waals surface area (Å²) in [6.45, 7) is 16.9. The summed E-state index contributed by atoms with van der Waals surface area (Å²) in [5.74, 6) is 0.697. The number of carbonyl (C=O) groups is 1. The molecule has 1 aromatic rings. The second-order valence-corrected chi connectivity index (χ2v) is 8.84. The minimum absolute atomic E-state index is 0.0733. The topological polar surface area (TPSA) is 47.6 Å². The molecular weight excluding hydrogens is 314 g/mol. The number of rotatable bonds is 7. The van der Waals surface area contributed by atoms with E-state index in [4.69, 9.17) is 9.47 Å². The van der Waals surface area contributed by atoms with Gasteiger partial charge in [-0.25, -0.2) is 0 Å². The van der Waals surface area contributed by atoms with Crippen LogP contribution in [0.4, 0.5) is 0 Å². The molecule has 0 aliphatic carbocycles. The van der Waals surface area contributed by atoms with Crippen LogP contribution >= 0.6 is 0 Å². The lowest BCUT2D eigenvalue weighted by Crippen LogP contribution is -2.40. The Labute approximate surface area is 153 Å². The van der Waals surface area contributed by atoms with Crippen LogP contribution in [-0.2, 0) is 4.74 Å². The first-order valence-electron chi connectivity index (χ1n) is 9.09. The molecule has 142 valence electrons. The van der Waals surface area contributed by atoms with E-state index in [-0.39, 0.29) is 22.6 Å². The van der Waals surface area contributed by atoms with Crippen molar-refractivity contribution in [3.05, 3.63) is 29.8 Å². The van der Waals surface area contributed by atoms with E-state index in [1.54, 1.807) is 12.1 Å². The minimum atomic E-state index is -0.291. The molecule has 25 heavy (non-hydrogen) atoms. The number of nitrogens with one attached hydrogen (secondary N) is 1. The Balaban J connectivity index is 2.69. The molecular formula is C21H35NO3. The van der Waals surface area contributed by atoms with E-state index in [1.807, 2.05) is 32.9 Å². The first kappa shape index (κ1) is 21.5. The Kier molecular flexibility index (Phi) is 7.07. The van der Waals surface area contributed by atoms with Crippen LogP contribution in [0.1, 0.15) is 78.6 Å². The molecule has 1 rings (SSSR count). The van der Waals surface area contributed by atoms with Crippen LogP contribution in [0, 0.1) is 0 Å². The van der Waals surface area contributed by atoms with Gasteiger partial charge in [0.15, 0.2) is 0 Å². The molecule has 1 N–H and O–H groups in total. The van der Waals surface area contributed by atoms with E-state index in [0.29, 0.717) is 12.2 Å². The fraction of sp³-hybridized carbons (Fsp3) is 0.667. The lowest BCUT2D eigenvalue weighted by molar-refractivity contribution is -0.0344. The van der Waals surface area contributed by atoms with Crippen LogP contribution in [0.2, 0.25) is 0 Å². The predicted octanol–water partition coefficient (Wildman–Crippen LogP) is 4.97. The summed E-state index contributed by atoms with van der Waals surface area (Å²) in [4.78, 5) is 12.2. The monoisotopic (exact) mass is 349 g/mol. The molecule has 0 saturated carbocycles. The van der Waals surface area contributed by atoms with E-state index in [0.717, 1.165) is 18.6 Å². The van der Waals surface area contributed by atoms with Crippen LogP contribution in [0.15, 0.2) is 24.3 Å². The molecule has 0 heterocycles. The molecule has 1 aromatic carbocycles. The second kappa shape index (κ2) is 8.22. The molecule has 0 saturated heterocycles. The van der Waals surface area contributed by atoms with Gasteiger partial charge in [0.25, 0.3) is 5.91 Å². The largest absolute Gasteiger partial charge is 0.488 e. The van der Waals surface area contributed by atoms with Crippen molar-refractivity contribution in [2.45, 2.75) is 85.0 Å². The van der Waals surface area contributed by atoms with Gasteiger partial charge in [-0.1, -0.05) is 6.92 Å². The normalized spacial score (nSPS) is 14.7. The minimum Gasteiger partial charge on any atom is -0.488 e. The van der Waals surface area contributed by atoms with Crippen molar-refractivity contribution in [3.63, 3.8) is 0 Å². The first-order chi connectivity index (χ1) is 11.3. The van der Waals surface area contributed by atoms with Gasteiger partial charge in [-0.3, -0.25) is 4.79 Å². The zero-order chi connectivity index (χ0) is 19.3. The fourth-order valence-corrected chi connectivity index (χ4v) is 2.24. The van der Waals surface area contributed by atoms with Gasteiger partial charge in [0.1, 0.15) is 11.4 Å². The molecule has 0 spiro atoms. The van der Waals surface area contributed by atoms with Gasteiger partial charge in [-0.05, 0) is 79.2 Å². The Morgan fingerprint density at radius 1 is 1.00 bits per heavy atom.